The van der Waals surface area contributed by atoms with Crippen molar-refractivity contribution < 1.29 is 53.1 Å². The van der Waals surface area contributed by atoms with Crippen molar-refractivity contribution in [3.05, 3.63) is 71.8 Å². The van der Waals surface area contributed by atoms with Crippen LogP contribution in [0.25, 0.3) is 0 Å². The van der Waals surface area contributed by atoms with Crippen molar-refractivity contribution in [2.45, 2.75) is 58.5 Å². The summed E-state index contributed by atoms with van der Waals surface area (Å²) in [5.41, 5.74) is 1.74. The van der Waals surface area contributed by atoms with Crippen LogP contribution in [0.2, 0.25) is 0 Å². The molecule has 1 saturated heterocycles. The van der Waals surface area contributed by atoms with Crippen molar-refractivity contribution in [3.8, 4) is 0 Å². The lowest BCUT2D eigenvalue weighted by Gasteiger charge is -2.06. The Morgan fingerprint density at radius 2 is 1.32 bits per heavy atom. The van der Waals surface area contributed by atoms with E-state index in [1.807, 2.05) is 60.7 Å². The average molecular weight is 519 g/mol. The van der Waals surface area contributed by atoms with Crippen molar-refractivity contribution in [2.75, 3.05) is 0 Å². The highest BCUT2D eigenvalue weighted by Gasteiger charge is 2.35. The number of rotatable bonds is 11. The Kier molecular flexibility index (Phi) is 13.7. The number of carbonyl (C=O) groups excluding carboxylic acids is 4. The predicted octanol–water partition coefficient (Wildman–Crippen LogP) is 3.16. The molecule has 0 amide bonds. The number of aliphatic hydroxyl groups excluding tert-OH is 1. The van der Waals surface area contributed by atoms with E-state index in [1.54, 1.807) is 0 Å². The van der Waals surface area contributed by atoms with E-state index in [-0.39, 0.29) is 46.3 Å². The monoisotopic (exact) mass is 518 g/mol. The van der Waals surface area contributed by atoms with Crippen LogP contribution in [0.15, 0.2) is 60.7 Å². The highest BCUT2D eigenvalue weighted by atomic mass is 16.8. The lowest BCUT2D eigenvalue weighted by atomic mass is 10.2. The highest BCUT2D eigenvalue weighted by molar-refractivity contribution is 5.91. The number of carboxylic acids is 1. The standard InChI is InChI=1S/C13H12O6.C12H14O5.CH4/c14-11(17-8-9-4-2-1-3-5-9)7-6-10-12(15)19-13(16)18-10;13-10(12(15)16)6-7-11(14)17-8-9-4-2-1-3-5-9;/h1-5,10H,6-8H2;1-5,10,13H,6-8H2,(H,15,16);1H4. The maximum atomic E-state index is 11.4. The highest BCUT2D eigenvalue weighted by Crippen LogP contribution is 2.14. The predicted molar refractivity (Wildman–Crippen MR) is 128 cm³/mol. The van der Waals surface area contributed by atoms with Crippen LogP contribution in [0.1, 0.15) is 44.2 Å². The molecule has 0 bridgehead atoms. The Hall–Kier alpha value is -4.25. The van der Waals surface area contributed by atoms with E-state index in [9.17, 15) is 24.0 Å². The Balaban J connectivity index is 0.000000363. The summed E-state index contributed by atoms with van der Waals surface area (Å²) in [6, 6.07) is 18.4. The van der Waals surface area contributed by atoms with Gasteiger partial charge in [-0.3, -0.25) is 9.59 Å². The molecule has 0 aromatic heterocycles. The topological polar surface area (TPSA) is 163 Å². The molecule has 11 nitrogen and oxygen atoms in total. The molecule has 0 spiro atoms. The summed E-state index contributed by atoms with van der Waals surface area (Å²) >= 11 is 0. The number of carboxylic acid groups (broad SMARTS) is 1. The van der Waals surface area contributed by atoms with Gasteiger partial charge in [-0.25, -0.2) is 14.4 Å². The maximum Gasteiger partial charge on any atom is 0.517 e. The number of ether oxygens (including phenoxy) is 4. The van der Waals surface area contributed by atoms with Gasteiger partial charge in [-0.05, 0) is 17.5 Å². The lowest BCUT2D eigenvalue weighted by molar-refractivity contribution is -0.150. The van der Waals surface area contributed by atoms with Gasteiger partial charge in [0.1, 0.15) is 13.2 Å². The second-order valence-corrected chi connectivity index (χ2v) is 7.50. The van der Waals surface area contributed by atoms with Crippen molar-refractivity contribution in [1.29, 1.82) is 0 Å². The molecule has 3 rings (SSSR count). The first-order valence-corrected chi connectivity index (χ1v) is 11.0. The molecule has 2 atom stereocenters. The minimum Gasteiger partial charge on any atom is -0.479 e. The zero-order valence-electron chi connectivity index (χ0n) is 19.2. The normalized spacial score (nSPS) is 14.6. The van der Waals surface area contributed by atoms with Crippen LogP contribution in [0.5, 0.6) is 0 Å². The zero-order valence-corrected chi connectivity index (χ0v) is 19.2. The smallest absolute Gasteiger partial charge is 0.479 e. The van der Waals surface area contributed by atoms with Crippen molar-refractivity contribution in [3.63, 3.8) is 0 Å². The summed E-state index contributed by atoms with van der Waals surface area (Å²) in [4.78, 5) is 54.6. The second-order valence-electron chi connectivity index (χ2n) is 7.50. The first kappa shape index (κ1) is 30.8. The summed E-state index contributed by atoms with van der Waals surface area (Å²) in [6.07, 6.45) is -3.73. The summed E-state index contributed by atoms with van der Waals surface area (Å²) in [5.74, 6) is -3.07. The number of cyclic esters (lactones) is 3. The van der Waals surface area contributed by atoms with Crippen LogP contribution in [0.4, 0.5) is 4.79 Å². The molecular weight excluding hydrogens is 488 g/mol. The number of aliphatic carboxylic acids is 1. The lowest BCUT2D eigenvalue weighted by Crippen LogP contribution is -2.20. The number of hydrogen-bond acceptors (Lipinski definition) is 10. The summed E-state index contributed by atoms with van der Waals surface area (Å²) in [5, 5.41) is 17.4. The first-order valence-electron chi connectivity index (χ1n) is 11.0. The average Bonchev–Trinajstić information content (AvgIpc) is 3.21. The van der Waals surface area contributed by atoms with Gasteiger partial charge in [0.05, 0.1) is 0 Å². The fourth-order valence-corrected chi connectivity index (χ4v) is 2.76. The van der Waals surface area contributed by atoms with E-state index in [0.29, 0.717) is 0 Å². The molecule has 1 aliphatic heterocycles. The summed E-state index contributed by atoms with van der Waals surface area (Å²) < 4.78 is 18.7. The fraction of sp³-hybridized carbons (Fsp3) is 0.346. The molecule has 0 aliphatic carbocycles. The Labute approximate surface area is 213 Å². The minimum absolute atomic E-state index is 0. The molecule has 2 aromatic rings. The second kappa shape index (κ2) is 16.4. The van der Waals surface area contributed by atoms with E-state index in [2.05, 4.69) is 9.47 Å². The third kappa shape index (κ3) is 12.3. The van der Waals surface area contributed by atoms with Gasteiger partial charge in [-0.1, -0.05) is 68.1 Å². The zero-order chi connectivity index (χ0) is 26.3. The minimum atomic E-state index is -1.51. The molecule has 1 heterocycles. The van der Waals surface area contributed by atoms with Crippen LogP contribution in [0.3, 0.4) is 0 Å². The molecule has 1 fully saturated rings. The van der Waals surface area contributed by atoms with Crippen LogP contribution in [0, 0.1) is 0 Å². The Bertz CT molecular complexity index is 1020. The van der Waals surface area contributed by atoms with Crippen molar-refractivity contribution in [1.82, 2.24) is 0 Å². The molecule has 2 unspecified atom stereocenters. The van der Waals surface area contributed by atoms with Crippen LogP contribution in [-0.4, -0.2) is 52.5 Å². The molecule has 1 aliphatic rings. The molecule has 0 saturated carbocycles. The van der Waals surface area contributed by atoms with E-state index in [1.165, 1.54) is 0 Å². The number of aliphatic hydroxyl groups is 1. The molecular formula is C26H30O11. The molecule has 2 N–H and O–H groups in total. The van der Waals surface area contributed by atoms with Crippen molar-refractivity contribution in [2.24, 2.45) is 0 Å². The molecule has 11 heteroatoms. The summed E-state index contributed by atoms with van der Waals surface area (Å²) in [6.45, 7) is 0.331. The number of carbonyl (C=O) groups is 5. The van der Waals surface area contributed by atoms with Crippen molar-refractivity contribution >= 4 is 30.0 Å². The third-order valence-electron chi connectivity index (χ3n) is 4.69. The van der Waals surface area contributed by atoms with Gasteiger partial charge in [0.2, 0.25) is 6.10 Å². The first-order chi connectivity index (χ1) is 17.2. The largest absolute Gasteiger partial charge is 0.517 e. The van der Waals surface area contributed by atoms with Crippen LogP contribution in [-0.2, 0) is 51.3 Å². The van der Waals surface area contributed by atoms with E-state index < -0.39 is 42.2 Å². The maximum absolute atomic E-state index is 11.4. The van der Waals surface area contributed by atoms with Gasteiger partial charge in [-0.15, -0.1) is 0 Å². The van der Waals surface area contributed by atoms with Crippen LogP contribution < -0.4 is 0 Å². The van der Waals surface area contributed by atoms with Gasteiger partial charge in [0.25, 0.3) is 0 Å². The van der Waals surface area contributed by atoms with Gasteiger partial charge in [0, 0.05) is 19.3 Å². The Morgan fingerprint density at radius 3 is 1.76 bits per heavy atom. The quantitative estimate of drug-likeness (QED) is 0.255. The van der Waals surface area contributed by atoms with Crippen LogP contribution >= 0.6 is 0 Å². The molecule has 2 aromatic carbocycles. The van der Waals surface area contributed by atoms with E-state index >= 15 is 0 Å². The SMILES string of the molecule is C.O=C(CCC(O)C(=O)O)OCc1ccccc1.O=C(CCC1OC(=O)OC1=O)OCc1ccccc1. The molecule has 37 heavy (non-hydrogen) atoms. The van der Waals surface area contributed by atoms with Gasteiger partial charge in [0.15, 0.2) is 6.10 Å². The Morgan fingerprint density at radius 1 is 0.838 bits per heavy atom. The number of hydrogen-bond donors (Lipinski definition) is 2. The number of benzene rings is 2. The van der Waals surface area contributed by atoms with E-state index in [0.717, 1.165) is 11.1 Å². The fourth-order valence-electron chi connectivity index (χ4n) is 2.76. The molecule has 0 radical (unpaired) electrons. The molecule has 200 valence electrons. The van der Waals surface area contributed by atoms with Gasteiger partial charge >= 0.3 is 30.0 Å². The van der Waals surface area contributed by atoms with Gasteiger partial charge in [-0.2, -0.15) is 0 Å². The van der Waals surface area contributed by atoms with E-state index in [4.69, 9.17) is 19.7 Å². The summed E-state index contributed by atoms with van der Waals surface area (Å²) in [7, 11) is 0. The number of esters is 3. The van der Waals surface area contributed by atoms with Gasteiger partial charge < -0.3 is 29.2 Å². The third-order valence-corrected chi connectivity index (χ3v) is 4.69.